The first kappa shape index (κ1) is 16.9. The van der Waals surface area contributed by atoms with E-state index >= 15 is 0 Å². The highest BCUT2D eigenvalue weighted by molar-refractivity contribution is 7.89. The fraction of sp³-hybridized carbons (Fsp3) is 0.375. The Labute approximate surface area is 140 Å². The number of hydrogen-bond acceptors (Lipinski definition) is 5. The second-order valence-electron chi connectivity index (χ2n) is 5.53. The molecule has 1 fully saturated rings. The van der Waals surface area contributed by atoms with E-state index in [0.29, 0.717) is 19.4 Å². The third kappa shape index (κ3) is 3.77. The highest BCUT2D eigenvalue weighted by atomic mass is 32.2. The summed E-state index contributed by atoms with van der Waals surface area (Å²) < 4.78 is 46.1. The topological polar surface area (TPSA) is 72.4 Å². The third-order valence-electron chi connectivity index (χ3n) is 3.92. The van der Waals surface area contributed by atoms with Crippen LogP contribution in [0.5, 0.6) is 0 Å². The molecule has 0 aliphatic carbocycles. The summed E-state index contributed by atoms with van der Waals surface area (Å²) in [6, 6.07) is 7.24. The molecule has 1 aliphatic heterocycles. The van der Waals surface area contributed by atoms with Crippen LogP contribution < -0.4 is 0 Å². The molecule has 0 saturated carbocycles. The van der Waals surface area contributed by atoms with Gasteiger partial charge in [0.25, 0.3) is 0 Å². The zero-order valence-corrected chi connectivity index (χ0v) is 13.8. The number of nitrogens with zero attached hydrogens (tertiary/aromatic N) is 3. The Balaban J connectivity index is 1.68. The summed E-state index contributed by atoms with van der Waals surface area (Å²) in [5.41, 5.74) is 0.877. The summed E-state index contributed by atoms with van der Waals surface area (Å²) in [6.45, 7) is 0.727. The van der Waals surface area contributed by atoms with Crippen LogP contribution in [0.3, 0.4) is 0 Å². The lowest BCUT2D eigenvalue weighted by atomic mass is 10.1. The highest BCUT2D eigenvalue weighted by Crippen LogP contribution is 2.22. The van der Waals surface area contributed by atoms with E-state index in [1.165, 1.54) is 28.8 Å². The van der Waals surface area contributed by atoms with Gasteiger partial charge in [-0.1, -0.05) is 12.1 Å². The van der Waals surface area contributed by atoms with E-state index in [4.69, 9.17) is 4.74 Å². The Morgan fingerprint density at radius 2 is 2.12 bits per heavy atom. The zero-order valence-electron chi connectivity index (χ0n) is 13.0. The third-order valence-corrected chi connectivity index (χ3v) is 5.82. The first-order valence-corrected chi connectivity index (χ1v) is 9.12. The summed E-state index contributed by atoms with van der Waals surface area (Å²) in [5, 5.41) is 0. The maximum Gasteiger partial charge on any atom is 0.246 e. The van der Waals surface area contributed by atoms with Crippen molar-refractivity contribution in [3.8, 4) is 0 Å². The number of hydrogen-bond donors (Lipinski definition) is 0. The Morgan fingerprint density at radius 1 is 1.29 bits per heavy atom. The highest BCUT2D eigenvalue weighted by Gasteiger charge is 2.32. The van der Waals surface area contributed by atoms with E-state index in [1.807, 2.05) is 6.07 Å². The predicted molar refractivity (Wildman–Crippen MR) is 85.3 cm³/mol. The molecule has 2 heterocycles. The van der Waals surface area contributed by atoms with Gasteiger partial charge in [-0.25, -0.2) is 22.8 Å². The van der Waals surface area contributed by atoms with Crippen molar-refractivity contribution in [3.05, 3.63) is 54.4 Å². The summed E-state index contributed by atoms with van der Waals surface area (Å²) in [6.07, 6.45) is 4.21. The Morgan fingerprint density at radius 3 is 2.88 bits per heavy atom. The van der Waals surface area contributed by atoms with Crippen LogP contribution in [0.25, 0.3) is 0 Å². The van der Waals surface area contributed by atoms with E-state index in [-0.39, 0.29) is 24.1 Å². The van der Waals surface area contributed by atoms with Crippen LogP contribution in [0.1, 0.15) is 12.1 Å². The predicted octanol–water partition coefficient (Wildman–Crippen LogP) is 1.64. The molecule has 1 aromatic heterocycles. The minimum Gasteiger partial charge on any atom is -0.375 e. The molecule has 0 unspecified atom stereocenters. The largest absolute Gasteiger partial charge is 0.375 e. The standard InChI is InChI=1S/C16H18FN3O3S/c17-15-3-1-2-4-16(15)24(21,22)20-9-10-23-14(11-20)6-5-13-7-8-18-12-19-13/h1-4,7-8,12,14H,5-6,9-11H2/t14-/m0/s1. The summed E-state index contributed by atoms with van der Waals surface area (Å²) >= 11 is 0. The molecule has 1 aromatic carbocycles. The Kier molecular flexibility index (Phi) is 5.17. The van der Waals surface area contributed by atoms with E-state index in [2.05, 4.69) is 9.97 Å². The average Bonchev–Trinajstić information content (AvgIpc) is 2.61. The molecule has 6 nitrogen and oxygen atoms in total. The molecule has 1 saturated heterocycles. The van der Waals surface area contributed by atoms with Gasteiger partial charge in [0, 0.05) is 25.0 Å². The number of morpholine rings is 1. The Hall–Kier alpha value is -1.90. The normalized spacial score (nSPS) is 19.3. The van der Waals surface area contributed by atoms with Crippen molar-refractivity contribution >= 4 is 10.0 Å². The van der Waals surface area contributed by atoms with Crippen molar-refractivity contribution in [2.24, 2.45) is 0 Å². The van der Waals surface area contributed by atoms with Crippen molar-refractivity contribution in [1.29, 1.82) is 0 Å². The molecule has 2 aromatic rings. The number of aromatic nitrogens is 2. The SMILES string of the molecule is O=S(=O)(c1ccccc1F)N1CCO[C@@H](CCc2ccncn2)C1. The number of rotatable bonds is 5. The number of halogens is 1. The van der Waals surface area contributed by atoms with Gasteiger partial charge in [0.2, 0.25) is 10.0 Å². The molecule has 1 aliphatic rings. The molecular formula is C16H18FN3O3S. The molecule has 3 rings (SSSR count). The van der Waals surface area contributed by atoms with E-state index in [9.17, 15) is 12.8 Å². The number of aryl methyl sites for hydroxylation is 1. The summed E-state index contributed by atoms with van der Waals surface area (Å²) in [7, 11) is -3.86. The van der Waals surface area contributed by atoms with Gasteiger partial charge in [-0.3, -0.25) is 0 Å². The smallest absolute Gasteiger partial charge is 0.246 e. The molecule has 8 heteroatoms. The van der Waals surface area contributed by atoms with Crippen LogP contribution >= 0.6 is 0 Å². The van der Waals surface area contributed by atoms with Crippen molar-refractivity contribution < 1.29 is 17.5 Å². The molecule has 0 amide bonds. The lowest BCUT2D eigenvalue weighted by molar-refractivity contribution is -0.00544. The lowest BCUT2D eigenvalue weighted by Gasteiger charge is -2.32. The fourth-order valence-electron chi connectivity index (χ4n) is 2.65. The number of ether oxygens (including phenoxy) is 1. The van der Waals surface area contributed by atoms with E-state index in [1.54, 1.807) is 6.20 Å². The molecular weight excluding hydrogens is 333 g/mol. The van der Waals surface area contributed by atoms with Crippen LogP contribution in [0.4, 0.5) is 4.39 Å². The molecule has 0 N–H and O–H groups in total. The lowest BCUT2D eigenvalue weighted by Crippen LogP contribution is -2.45. The average molecular weight is 351 g/mol. The Bertz CT molecular complexity index is 786. The van der Waals surface area contributed by atoms with Crippen LogP contribution in [-0.4, -0.2) is 48.5 Å². The number of sulfonamides is 1. The van der Waals surface area contributed by atoms with Gasteiger partial charge in [-0.05, 0) is 31.0 Å². The van der Waals surface area contributed by atoms with Crippen molar-refractivity contribution in [3.63, 3.8) is 0 Å². The van der Waals surface area contributed by atoms with Gasteiger partial charge in [-0.15, -0.1) is 0 Å². The number of benzene rings is 1. The van der Waals surface area contributed by atoms with Gasteiger partial charge in [0.05, 0.1) is 12.7 Å². The minimum atomic E-state index is -3.86. The molecule has 0 spiro atoms. The maximum atomic E-state index is 13.9. The van der Waals surface area contributed by atoms with Gasteiger partial charge in [-0.2, -0.15) is 4.31 Å². The molecule has 24 heavy (non-hydrogen) atoms. The van der Waals surface area contributed by atoms with Gasteiger partial charge in [0.15, 0.2) is 0 Å². The van der Waals surface area contributed by atoms with Crippen LogP contribution in [0.2, 0.25) is 0 Å². The zero-order chi connectivity index (χ0) is 17.0. The first-order chi connectivity index (χ1) is 11.6. The molecule has 0 radical (unpaired) electrons. The van der Waals surface area contributed by atoms with Crippen molar-refractivity contribution in [1.82, 2.24) is 14.3 Å². The minimum absolute atomic E-state index is 0.210. The molecule has 128 valence electrons. The second-order valence-corrected chi connectivity index (χ2v) is 7.43. The van der Waals surface area contributed by atoms with Crippen molar-refractivity contribution in [2.75, 3.05) is 19.7 Å². The van der Waals surface area contributed by atoms with Gasteiger partial charge < -0.3 is 4.74 Å². The monoisotopic (exact) mass is 351 g/mol. The van der Waals surface area contributed by atoms with Crippen LogP contribution in [0, 0.1) is 5.82 Å². The van der Waals surface area contributed by atoms with Crippen molar-refractivity contribution in [2.45, 2.75) is 23.8 Å². The summed E-state index contributed by atoms with van der Waals surface area (Å²) in [4.78, 5) is 7.71. The summed E-state index contributed by atoms with van der Waals surface area (Å²) in [5.74, 6) is -0.735. The van der Waals surface area contributed by atoms with E-state index < -0.39 is 15.8 Å². The van der Waals surface area contributed by atoms with Crippen LogP contribution in [0.15, 0.2) is 47.8 Å². The van der Waals surface area contributed by atoms with Gasteiger partial charge >= 0.3 is 0 Å². The van der Waals surface area contributed by atoms with Gasteiger partial charge in [0.1, 0.15) is 17.0 Å². The first-order valence-electron chi connectivity index (χ1n) is 7.68. The maximum absolute atomic E-state index is 13.9. The van der Waals surface area contributed by atoms with Crippen LogP contribution in [-0.2, 0) is 21.2 Å². The fourth-order valence-corrected chi connectivity index (χ4v) is 4.17. The van der Waals surface area contributed by atoms with E-state index in [0.717, 1.165) is 11.8 Å². The molecule has 1 atom stereocenters. The quantitative estimate of drug-likeness (QED) is 0.819. The second kappa shape index (κ2) is 7.33. The molecule has 0 bridgehead atoms.